The maximum atomic E-state index is 7.07. The Bertz CT molecular complexity index is 2110. The van der Waals surface area contributed by atoms with Crippen molar-refractivity contribution in [1.29, 1.82) is 0 Å². The maximum Gasteiger partial charge on any atom is 0.250 e. The van der Waals surface area contributed by atoms with Crippen molar-refractivity contribution >= 4 is 14.4 Å². The Labute approximate surface area is 328 Å². The van der Waals surface area contributed by atoms with E-state index in [9.17, 15) is 0 Å². The fourth-order valence-electron chi connectivity index (χ4n) is 5.65. The summed E-state index contributed by atoms with van der Waals surface area (Å²) in [5.74, 6) is 3.63. The summed E-state index contributed by atoms with van der Waals surface area (Å²) in [6.45, 7) is 13.1. The smallest absolute Gasteiger partial charge is 0.250 e. The van der Waals surface area contributed by atoms with Crippen LogP contribution in [0.5, 0.6) is 28.7 Å². The fraction of sp³-hybridized carbons (Fsp3) is 0.224. The Balaban J connectivity index is 1.31. The molecule has 0 aromatic heterocycles. The van der Waals surface area contributed by atoms with Gasteiger partial charge < -0.3 is 23.4 Å². The van der Waals surface area contributed by atoms with Crippen molar-refractivity contribution in [1.82, 2.24) is 0 Å². The summed E-state index contributed by atoms with van der Waals surface area (Å²) in [6.07, 6.45) is 4.86. The quantitative estimate of drug-likeness (QED) is 0.0869. The van der Waals surface area contributed by atoms with E-state index in [2.05, 4.69) is 101 Å². The van der Waals surface area contributed by atoms with Crippen LogP contribution in [0, 0.1) is 0 Å². The van der Waals surface area contributed by atoms with E-state index in [4.69, 9.17) is 23.4 Å². The van der Waals surface area contributed by atoms with Gasteiger partial charge in [0.25, 0.3) is 0 Å². The van der Waals surface area contributed by atoms with Crippen molar-refractivity contribution in [3.05, 3.63) is 191 Å². The molecule has 0 aliphatic carbocycles. The molecule has 0 aliphatic rings. The van der Waals surface area contributed by atoms with Gasteiger partial charge in [0, 0.05) is 17.7 Å². The molecule has 282 valence electrons. The largest absolute Gasteiger partial charge is 0.543 e. The summed E-state index contributed by atoms with van der Waals surface area (Å²) < 4.78 is 32.7. The molecule has 0 heterocycles. The molecule has 0 spiro atoms. The zero-order chi connectivity index (χ0) is 38.5. The van der Waals surface area contributed by atoms with Crippen LogP contribution in [-0.2, 0) is 32.8 Å². The molecule has 0 amide bonds. The van der Waals surface area contributed by atoms with E-state index in [-0.39, 0.29) is 5.04 Å². The van der Waals surface area contributed by atoms with E-state index in [0.717, 1.165) is 44.9 Å². The van der Waals surface area contributed by atoms with Gasteiger partial charge in [-0.15, -0.1) is 0 Å². The van der Waals surface area contributed by atoms with Crippen LogP contribution in [0.3, 0.4) is 0 Å². The van der Waals surface area contributed by atoms with Gasteiger partial charge in [-0.3, -0.25) is 0 Å². The molecular formula is C49H52O5Si. The van der Waals surface area contributed by atoms with Gasteiger partial charge in [-0.25, -0.2) is 0 Å². The summed E-state index contributed by atoms with van der Waals surface area (Å²) in [4.78, 5) is 0. The summed E-state index contributed by atoms with van der Waals surface area (Å²) in [5.41, 5.74) is 6.34. The van der Waals surface area contributed by atoms with E-state index in [1.807, 2.05) is 97.1 Å². The van der Waals surface area contributed by atoms with Crippen LogP contribution < -0.4 is 23.4 Å². The molecule has 0 atom stereocenters. The molecular weight excluding hydrogens is 699 g/mol. The van der Waals surface area contributed by atoms with E-state index in [0.29, 0.717) is 50.1 Å². The zero-order valence-corrected chi connectivity index (χ0v) is 33.7. The van der Waals surface area contributed by atoms with Gasteiger partial charge in [0.1, 0.15) is 43.7 Å². The highest BCUT2D eigenvalue weighted by atomic mass is 28.4. The molecule has 0 fully saturated rings. The van der Waals surface area contributed by atoms with E-state index in [1.54, 1.807) is 0 Å². The predicted octanol–water partition coefficient (Wildman–Crippen LogP) is 12.6. The standard InChI is InChI=1S/C49H52O5Si/c1-49(2,3)55(4,5)54-47-33-43(50-34-39-19-10-6-11-20-39)32-46(52-36-41-23-14-8-15-24-41)44(47)28-18-27-38-29-30-45(51-35-40-21-12-7-13-22-40)48(31-38)53-37-42-25-16-9-17-26-42/h6-27,29-33H,28,34-37H2,1-5H3/b27-18+/i27+2. The number of rotatable bonds is 17. The van der Waals surface area contributed by atoms with E-state index < -0.39 is 8.32 Å². The first kappa shape index (κ1) is 39.0. The molecule has 6 rings (SSSR count). The molecule has 0 aliphatic heterocycles. The van der Waals surface area contributed by atoms with Crippen LogP contribution in [0.4, 0.5) is 0 Å². The minimum absolute atomic E-state index is 0.00739. The maximum absolute atomic E-state index is 7.07. The van der Waals surface area contributed by atoms with Gasteiger partial charge >= 0.3 is 0 Å². The van der Waals surface area contributed by atoms with Gasteiger partial charge in [-0.1, -0.05) is 160 Å². The van der Waals surface area contributed by atoms with Crippen LogP contribution in [0.2, 0.25) is 18.1 Å². The Morgan fingerprint density at radius 1 is 0.491 bits per heavy atom. The first-order valence-electron chi connectivity index (χ1n) is 19.0. The first-order valence-corrected chi connectivity index (χ1v) is 21.9. The van der Waals surface area contributed by atoms with Crippen molar-refractivity contribution < 1.29 is 23.4 Å². The molecule has 0 unspecified atom stereocenters. The lowest BCUT2D eigenvalue weighted by Gasteiger charge is -2.37. The molecule has 0 saturated heterocycles. The summed E-state index contributed by atoms with van der Waals surface area (Å²) >= 11 is 0. The summed E-state index contributed by atoms with van der Waals surface area (Å²) in [5, 5.41) is -0.00739. The Hall–Kier alpha value is -5.72. The van der Waals surface area contributed by atoms with Crippen LogP contribution in [-0.4, -0.2) is 8.32 Å². The van der Waals surface area contributed by atoms with Gasteiger partial charge in [-0.2, -0.15) is 0 Å². The highest BCUT2D eigenvalue weighted by Crippen LogP contribution is 2.42. The van der Waals surface area contributed by atoms with Crippen LogP contribution >= 0.6 is 0 Å². The van der Waals surface area contributed by atoms with Gasteiger partial charge in [0.05, 0.1) is 0 Å². The second kappa shape index (κ2) is 18.5. The number of benzene rings is 6. The molecule has 6 aromatic rings. The lowest BCUT2D eigenvalue weighted by molar-refractivity contribution is 0.256. The lowest BCUT2D eigenvalue weighted by Crippen LogP contribution is -2.44. The van der Waals surface area contributed by atoms with E-state index in [1.165, 1.54) is 0 Å². The fourth-order valence-corrected chi connectivity index (χ4v) is 6.69. The average molecular weight is 751 g/mol. The second-order valence-electron chi connectivity index (χ2n) is 15.2. The molecule has 5 nitrogen and oxygen atoms in total. The van der Waals surface area contributed by atoms with Crippen molar-refractivity contribution in [2.45, 2.75) is 71.8 Å². The van der Waals surface area contributed by atoms with Crippen molar-refractivity contribution in [3.8, 4) is 28.7 Å². The second-order valence-corrected chi connectivity index (χ2v) is 19.9. The average Bonchev–Trinajstić information content (AvgIpc) is 3.20. The summed E-state index contributed by atoms with van der Waals surface area (Å²) in [7, 11) is -2.25. The zero-order valence-electron chi connectivity index (χ0n) is 32.7. The molecule has 0 saturated carbocycles. The van der Waals surface area contributed by atoms with Gasteiger partial charge in [0.15, 0.2) is 11.5 Å². The highest BCUT2D eigenvalue weighted by molar-refractivity contribution is 6.74. The minimum atomic E-state index is -2.25. The third-order valence-electron chi connectivity index (χ3n) is 9.87. The third-order valence-corrected chi connectivity index (χ3v) is 14.2. The van der Waals surface area contributed by atoms with Crippen molar-refractivity contribution in [2.75, 3.05) is 0 Å². The van der Waals surface area contributed by atoms with Gasteiger partial charge in [0.2, 0.25) is 8.32 Å². The van der Waals surface area contributed by atoms with Crippen LogP contribution in [0.25, 0.3) is 6.08 Å². The van der Waals surface area contributed by atoms with Crippen molar-refractivity contribution in [2.24, 2.45) is 0 Å². The van der Waals surface area contributed by atoms with Crippen molar-refractivity contribution in [3.63, 3.8) is 0 Å². The van der Waals surface area contributed by atoms with E-state index >= 15 is 0 Å². The van der Waals surface area contributed by atoms with Gasteiger partial charge in [-0.05, 0) is 64.5 Å². The molecule has 0 bridgehead atoms. The predicted molar refractivity (Wildman–Crippen MR) is 227 cm³/mol. The van der Waals surface area contributed by atoms with Crippen LogP contribution in [0.15, 0.2) is 158 Å². The minimum Gasteiger partial charge on any atom is -0.543 e. The number of ether oxygens (including phenoxy) is 4. The molecule has 6 aromatic carbocycles. The Morgan fingerprint density at radius 2 is 0.927 bits per heavy atom. The number of hydrogen-bond donors (Lipinski definition) is 0. The SMILES string of the molecule is CC(C)(C)[Si](C)(C)Oc1cc(OCc2ccccc2)cc(OCc2ccccc2)c1C/C=[14CH]/c1ccc(OCc2ccccc2)c(OCc2ccccc2)c1. The van der Waals surface area contributed by atoms with Crippen LogP contribution in [0.1, 0.15) is 54.2 Å². The summed E-state index contributed by atoms with van der Waals surface area (Å²) in [6, 6.07) is 50.9. The Morgan fingerprint density at radius 3 is 1.42 bits per heavy atom. The third kappa shape index (κ3) is 11.4. The monoisotopic (exact) mass is 750 g/mol. The molecule has 55 heavy (non-hydrogen) atoms. The molecule has 0 N–H and O–H groups in total. The number of hydrogen-bond acceptors (Lipinski definition) is 5. The number of allylic oxidation sites excluding steroid dienone is 1. The first-order chi connectivity index (χ1) is 26.6. The Kier molecular flexibility index (Phi) is 13.1. The highest BCUT2D eigenvalue weighted by Gasteiger charge is 2.39. The molecule has 6 heteroatoms. The lowest BCUT2D eigenvalue weighted by atomic mass is 10.1. The topological polar surface area (TPSA) is 46.2 Å². The molecule has 0 radical (unpaired) electrons. The normalized spacial score (nSPS) is 11.7.